The van der Waals surface area contributed by atoms with E-state index in [0.29, 0.717) is 18.5 Å². The normalized spacial score (nSPS) is 18.2. The summed E-state index contributed by atoms with van der Waals surface area (Å²) in [6.07, 6.45) is 1.80. The van der Waals surface area contributed by atoms with Crippen LogP contribution < -0.4 is 10.6 Å². The quantitative estimate of drug-likeness (QED) is 0.601. The van der Waals surface area contributed by atoms with Crippen LogP contribution in [0.3, 0.4) is 0 Å². The van der Waals surface area contributed by atoms with Crippen LogP contribution in [0.4, 0.5) is 0 Å². The second kappa shape index (κ2) is 9.20. The smallest absolute Gasteiger partial charge is 0.216 e. The Labute approximate surface area is 151 Å². The molecule has 1 aromatic rings. The summed E-state index contributed by atoms with van der Waals surface area (Å²) in [5.41, 5.74) is -0.0364. The lowest BCUT2D eigenvalue weighted by atomic mass is 9.94. The number of guanidine groups is 1. The molecule has 1 aliphatic rings. The Bertz CT molecular complexity index is 544. The van der Waals surface area contributed by atoms with E-state index in [1.807, 2.05) is 0 Å². The summed E-state index contributed by atoms with van der Waals surface area (Å²) in [5.74, 6) is 2.32. The van der Waals surface area contributed by atoms with Crippen LogP contribution in [0, 0.1) is 0 Å². The van der Waals surface area contributed by atoms with Crippen LogP contribution >= 0.6 is 0 Å². The second-order valence-corrected chi connectivity index (χ2v) is 7.44. The Hall–Kier alpha value is -1.60. The fourth-order valence-electron chi connectivity index (χ4n) is 2.61. The van der Waals surface area contributed by atoms with Crippen molar-refractivity contribution < 1.29 is 9.15 Å². The standard InChI is InChI=1S/C18H33N5O2/c1-6-19-17(21-11-14(2)23-7-9-24-10-8-23)22-13-16-20-12-15(25-16)18(3,4)5/h12,14H,6-11,13H2,1-5H3,(H2,19,21,22). The highest BCUT2D eigenvalue weighted by Crippen LogP contribution is 2.22. The second-order valence-electron chi connectivity index (χ2n) is 7.44. The zero-order valence-corrected chi connectivity index (χ0v) is 16.3. The van der Waals surface area contributed by atoms with Crippen molar-refractivity contribution in [2.24, 2.45) is 4.99 Å². The van der Waals surface area contributed by atoms with Crippen molar-refractivity contribution >= 4 is 5.96 Å². The minimum Gasteiger partial charge on any atom is -0.443 e. The third-order valence-corrected chi connectivity index (χ3v) is 4.24. The Kier molecular flexibility index (Phi) is 7.25. The van der Waals surface area contributed by atoms with Gasteiger partial charge in [0.2, 0.25) is 5.89 Å². The molecule has 0 bridgehead atoms. The van der Waals surface area contributed by atoms with Gasteiger partial charge in [-0.2, -0.15) is 0 Å². The van der Waals surface area contributed by atoms with Crippen molar-refractivity contribution in [1.82, 2.24) is 20.5 Å². The highest BCUT2D eigenvalue weighted by molar-refractivity contribution is 5.79. The monoisotopic (exact) mass is 351 g/mol. The molecule has 2 N–H and O–H groups in total. The van der Waals surface area contributed by atoms with Crippen LogP contribution in [0.2, 0.25) is 0 Å². The summed E-state index contributed by atoms with van der Waals surface area (Å²) in [6, 6.07) is 0.432. The average molecular weight is 351 g/mol. The number of morpholine rings is 1. The Balaban J connectivity index is 1.88. The van der Waals surface area contributed by atoms with E-state index in [1.165, 1.54) is 0 Å². The SMILES string of the molecule is CCNC(=NCc1ncc(C(C)(C)C)o1)NCC(C)N1CCOCC1. The van der Waals surface area contributed by atoms with Gasteiger partial charge in [0.25, 0.3) is 0 Å². The first-order valence-corrected chi connectivity index (χ1v) is 9.19. The van der Waals surface area contributed by atoms with Gasteiger partial charge in [0.15, 0.2) is 5.96 Å². The minimum absolute atomic E-state index is 0.0364. The molecule has 1 aliphatic heterocycles. The van der Waals surface area contributed by atoms with Crippen molar-refractivity contribution in [2.45, 2.75) is 52.6 Å². The van der Waals surface area contributed by atoms with Gasteiger partial charge in [-0.25, -0.2) is 9.98 Å². The predicted octanol–water partition coefficient (Wildman–Crippen LogP) is 1.75. The fraction of sp³-hybridized carbons (Fsp3) is 0.778. The number of hydrogen-bond donors (Lipinski definition) is 2. The molecule has 0 amide bonds. The van der Waals surface area contributed by atoms with E-state index in [-0.39, 0.29) is 5.41 Å². The molecule has 1 aromatic heterocycles. The van der Waals surface area contributed by atoms with E-state index in [4.69, 9.17) is 9.15 Å². The number of nitrogens with one attached hydrogen (secondary N) is 2. The van der Waals surface area contributed by atoms with Crippen LogP contribution in [0.25, 0.3) is 0 Å². The van der Waals surface area contributed by atoms with Crippen molar-refractivity contribution in [3.8, 4) is 0 Å². The van der Waals surface area contributed by atoms with E-state index in [1.54, 1.807) is 6.20 Å². The van der Waals surface area contributed by atoms with E-state index in [2.05, 4.69) is 60.1 Å². The molecular weight excluding hydrogens is 318 g/mol. The molecule has 1 fully saturated rings. The maximum atomic E-state index is 5.80. The van der Waals surface area contributed by atoms with Gasteiger partial charge < -0.3 is 19.8 Å². The topological polar surface area (TPSA) is 74.9 Å². The third kappa shape index (κ3) is 6.32. The Morgan fingerprint density at radius 2 is 2.04 bits per heavy atom. The summed E-state index contributed by atoms with van der Waals surface area (Å²) in [4.78, 5) is 11.4. The summed E-state index contributed by atoms with van der Waals surface area (Å²) in [5, 5.41) is 6.69. The molecule has 0 aliphatic carbocycles. The average Bonchev–Trinajstić information content (AvgIpc) is 3.07. The van der Waals surface area contributed by atoms with Crippen molar-refractivity contribution in [2.75, 3.05) is 39.4 Å². The van der Waals surface area contributed by atoms with Crippen LogP contribution in [0.5, 0.6) is 0 Å². The van der Waals surface area contributed by atoms with Gasteiger partial charge in [0.05, 0.1) is 19.4 Å². The Morgan fingerprint density at radius 3 is 2.64 bits per heavy atom. The maximum absolute atomic E-state index is 5.80. The van der Waals surface area contributed by atoms with Gasteiger partial charge in [-0.05, 0) is 13.8 Å². The van der Waals surface area contributed by atoms with Gasteiger partial charge in [-0.15, -0.1) is 0 Å². The zero-order chi connectivity index (χ0) is 18.3. The molecule has 0 spiro atoms. The number of ether oxygens (including phenoxy) is 1. The molecule has 2 heterocycles. The van der Waals surface area contributed by atoms with Crippen LogP contribution in [0.15, 0.2) is 15.6 Å². The largest absolute Gasteiger partial charge is 0.443 e. The zero-order valence-electron chi connectivity index (χ0n) is 16.3. The summed E-state index contributed by atoms with van der Waals surface area (Å²) in [7, 11) is 0. The van der Waals surface area contributed by atoms with E-state index >= 15 is 0 Å². The third-order valence-electron chi connectivity index (χ3n) is 4.24. The predicted molar refractivity (Wildman–Crippen MR) is 99.9 cm³/mol. The molecule has 0 aromatic carbocycles. The molecule has 1 saturated heterocycles. The number of aromatic nitrogens is 1. The Morgan fingerprint density at radius 1 is 1.32 bits per heavy atom. The van der Waals surface area contributed by atoms with Crippen molar-refractivity contribution in [1.29, 1.82) is 0 Å². The minimum atomic E-state index is -0.0364. The molecule has 142 valence electrons. The van der Waals surface area contributed by atoms with E-state index < -0.39 is 0 Å². The summed E-state index contributed by atoms with van der Waals surface area (Å²) in [6.45, 7) is 16.3. The molecule has 0 radical (unpaired) electrons. The molecule has 25 heavy (non-hydrogen) atoms. The molecule has 7 nitrogen and oxygen atoms in total. The molecule has 1 atom stereocenters. The number of hydrogen-bond acceptors (Lipinski definition) is 5. The van der Waals surface area contributed by atoms with Crippen molar-refractivity contribution in [3.63, 3.8) is 0 Å². The van der Waals surface area contributed by atoms with Gasteiger partial charge in [0, 0.05) is 37.6 Å². The lowest BCUT2D eigenvalue weighted by Crippen LogP contribution is -2.49. The van der Waals surface area contributed by atoms with Gasteiger partial charge in [-0.3, -0.25) is 4.90 Å². The fourth-order valence-corrected chi connectivity index (χ4v) is 2.61. The van der Waals surface area contributed by atoms with Gasteiger partial charge in [-0.1, -0.05) is 20.8 Å². The van der Waals surface area contributed by atoms with E-state index in [9.17, 15) is 0 Å². The molecule has 1 unspecified atom stereocenters. The molecule has 2 rings (SSSR count). The van der Waals surface area contributed by atoms with Crippen LogP contribution in [-0.4, -0.2) is 61.3 Å². The van der Waals surface area contributed by atoms with E-state index in [0.717, 1.165) is 51.1 Å². The molecular formula is C18H33N5O2. The highest BCUT2D eigenvalue weighted by Gasteiger charge is 2.19. The van der Waals surface area contributed by atoms with Crippen molar-refractivity contribution in [3.05, 3.63) is 17.8 Å². The highest BCUT2D eigenvalue weighted by atomic mass is 16.5. The first-order valence-electron chi connectivity index (χ1n) is 9.19. The first-order chi connectivity index (χ1) is 11.9. The molecule has 7 heteroatoms. The maximum Gasteiger partial charge on any atom is 0.216 e. The number of nitrogens with zero attached hydrogens (tertiary/aromatic N) is 3. The first kappa shape index (κ1) is 19.7. The summed E-state index contributed by atoms with van der Waals surface area (Å²) < 4.78 is 11.2. The van der Waals surface area contributed by atoms with Gasteiger partial charge in [0.1, 0.15) is 12.3 Å². The van der Waals surface area contributed by atoms with Crippen LogP contribution in [0.1, 0.15) is 46.3 Å². The summed E-state index contributed by atoms with van der Waals surface area (Å²) >= 11 is 0. The number of aliphatic imine (C=N–C) groups is 1. The molecule has 0 saturated carbocycles. The van der Waals surface area contributed by atoms with Gasteiger partial charge >= 0.3 is 0 Å². The van der Waals surface area contributed by atoms with Crippen LogP contribution in [-0.2, 0) is 16.7 Å². The lowest BCUT2D eigenvalue weighted by Gasteiger charge is -2.32. The number of oxazole rings is 1. The lowest BCUT2D eigenvalue weighted by molar-refractivity contribution is 0.0211. The number of rotatable bonds is 6.